The molecular formula is C14H26N2OS. The maximum Gasteiger partial charge on any atom is 0.241 e. The molecule has 2 rings (SSSR count). The number of thioether (sulfide) groups is 1. The van der Waals surface area contributed by atoms with Gasteiger partial charge in [-0.3, -0.25) is 10.1 Å². The van der Waals surface area contributed by atoms with Crippen LogP contribution in [0.3, 0.4) is 0 Å². The lowest BCUT2D eigenvalue weighted by molar-refractivity contribution is -0.130. The van der Waals surface area contributed by atoms with Gasteiger partial charge in [-0.2, -0.15) is 11.8 Å². The second-order valence-corrected chi connectivity index (χ2v) is 7.40. The lowest BCUT2D eigenvalue weighted by Crippen LogP contribution is -2.41. The monoisotopic (exact) mass is 270 g/mol. The minimum absolute atomic E-state index is 0.0487. The molecule has 2 atom stereocenters. The van der Waals surface area contributed by atoms with E-state index < -0.39 is 0 Å². The van der Waals surface area contributed by atoms with Gasteiger partial charge in [0.2, 0.25) is 5.91 Å². The molecule has 1 saturated carbocycles. The molecule has 1 aliphatic carbocycles. The number of carbonyl (C=O) groups excluding carboxylic acids is 1. The number of carbonyl (C=O) groups is 1. The summed E-state index contributed by atoms with van der Waals surface area (Å²) in [7, 11) is 0. The maximum absolute atomic E-state index is 12.5. The third-order valence-electron chi connectivity index (χ3n) is 4.14. The zero-order valence-corrected chi connectivity index (χ0v) is 12.8. The number of hydrogen-bond acceptors (Lipinski definition) is 3. The van der Waals surface area contributed by atoms with Crippen molar-refractivity contribution in [3.63, 3.8) is 0 Å². The van der Waals surface area contributed by atoms with Crippen LogP contribution in [0.15, 0.2) is 0 Å². The summed E-state index contributed by atoms with van der Waals surface area (Å²) in [6.07, 6.45) is 6.92. The Labute approximate surface area is 115 Å². The van der Waals surface area contributed by atoms with E-state index in [2.05, 4.69) is 37.2 Å². The van der Waals surface area contributed by atoms with Gasteiger partial charge >= 0.3 is 0 Å². The SMILES string of the molecule is CCC1NC(CC(C)C)C(=O)N1CC1(SC)CC1. The average molecular weight is 270 g/mol. The summed E-state index contributed by atoms with van der Waals surface area (Å²) >= 11 is 1.93. The third-order valence-corrected chi connectivity index (χ3v) is 5.55. The molecule has 2 unspecified atom stereocenters. The van der Waals surface area contributed by atoms with Crippen molar-refractivity contribution in [2.24, 2.45) is 5.92 Å². The highest BCUT2D eigenvalue weighted by atomic mass is 32.2. The maximum atomic E-state index is 12.5. The Kier molecular flexibility index (Phi) is 4.27. The van der Waals surface area contributed by atoms with Gasteiger partial charge in [-0.1, -0.05) is 20.8 Å². The number of nitrogens with one attached hydrogen (secondary N) is 1. The van der Waals surface area contributed by atoms with Crippen LogP contribution < -0.4 is 5.32 Å². The molecule has 0 spiro atoms. The molecule has 0 aromatic carbocycles. The number of amides is 1. The minimum atomic E-state index is 0.0487. The molecule has 4 heteroatoms. The predicted molar refractivity (Wildman–Crippen MR) is 77.7 cm³/mol. The van der Waals surface area contributed by atoms with Crippen LogP contribution in [0.1, 0.15) is 46.5 Å². The fraction of sp³-hybridized carbons (Fsp3) is 0.929. The van der Waals surface area contributed by atoms with E-state index in [1.165, 1.54) is 12.8 Å². The van der Waals surface area contributed by atoms with Gasteiger partial charge < -0.3 is 4.90 Å². The van der Waals surface area contributed by atoms with E-state index in [0.717, 1.165) is 19.4 Å². The van der Waals surface area contributed by atoms with Crippen LogP contribution >= 0.6 is 11.8 Å². The third kappa shape index (κ3) is 2.85. The first-order valence-electron chi connectivity index (χ1n) is 7.13. The van der Waals surface area contributed by atoms with Gasteiger partial charge in [0, 0.05) is 11.3 Å². The Hall–Kier alpha value is -0.220. The first kappa shape index (κ1) is 14.2. The lowest BCUT2D eigenvalue weighted by Gasteiger charge is -2.27. The van der Waals surface area contributed by atoms with Crippen molar-refractivity contribution < 1.29 is 4.79 Å². The number of rotatable bonds is 6. The normalized spacial score (nSPS) is 30.3. The van der Waals surface area contributed by atoms with E-state index in [1.807, 2.05) is 11.8 Å². The van der Waals surface area contributed by atoms with Gasteiger partial charge in [-0.25, -0.2) is 0 Å². The fourth-order valence-corrected chi connectivity index (χ4v) is 3.57. The summed E-state index contributed by atoms with van der Waals surface area (Å²) < 4.78 is 0.373. The van der Waals surface area contributed by atoms with E-state index in [1.54, 1.807) is 0 Å². The zero-order chi connectivity index (χ0) is 13.3. The largest absolute Gasteiger partial charge is 0.324 e. The number of nitrogens with zero attached hydrogens (tertiary/aromatic N) is 1. The average Bonchev–Trinajstić information content (AvgIpc) is 3.05. The van der Waals surface area contributed by atoms with E-state index in [-0.39, 0.29) is 12.2 Å². The van der Waals surface area contributed by atoms with Crippen LogP contribution in [-0.4, -0.2) is 40.6 Å². The molecule has 2 fully saturated rings. The Bertz CT molecular complexity index is 315. The summed E-state index contributed by atoms with van der Waals surface area (Å²) in [5, 5.41) is 3.51. The summed E-state index contributed by atoms with van der Waals surface area (Å²) in [6, 6.07) is 0.0487. The standard InChI is InChI=1S/C14H26N2OS/c1-5-12-15-11(8-10(2)3)13(17)16(12)9-14(18-4)6-7-14/h10-12,15H,5-9H2,1-4H3. The molecule has 1 heterocycles. The molecule has 1 N–H and O–H groups in total. The van der Waals surface area contributed by atoms with Gasteiger partial charge in [0.05, 0.1) is 12.2 Å². The summed E-state index contributed by atoms with van der Waals surface area (Å²) in [5.41, 5.74) is 0. The Morgan fingerprint density at radius 1 is 1.50 bits per heavy atom. The first-order chi connectivity index (χ1) is 8.51. The van der Waals surface area contributed by atoms with Crippen molar-refractivity contribution in [3.8, 4) is 0 Å². The zero-order valence-electron chi connectivity index (χ0n) is 12.0. The molecule has 0 aromatic rings. The molecule has 2 aliphatic rings. The molecule has 104 valence electrons. The summed E-state index contributed by atoms with van der Waals surface area (Å²) in [4.78, 5) is 14.6. The molecular weight excluding hydrogens is 244 g/mol. The Morgan fingerprint density at radius 3 is 2.61 bits per heavy atom. The van der Waals surface area contributed by atoms with Gasteiger partial charge in [0.15, 0.2) is 0 Å². The van der Waals surface area contributed by atoms with Crippen LogP contribution in [-0.2, 0) is 4.79 Å². The molecule has 0 radical (unpaired) electrons. The summed E-state index contributed by atoms with van der Waals surface area (Å²) in [6.45, 7) is 7.47. The van der Waals surface area contributed by atoms with Crippen LogP contribution in [0.5, 0.6) is 0 Å². The Morgan fingerprint density at radius 2 is 2.17 bits per heavy atom. The molecule has 0 bridgehead atoms. The minimum Gasteiger partial charge on any atom is -0.324 e. The summed E-state index contributed by atoms with van der Waals surface area (Å²) in [5.74, 6) is 0.898. The Balaban J connectivity index is 2.01. The van der Waals surface area contributed by atoms with E-state index >= 15 is 0 Å². The van der Waals surface area contributed by atoms with Gasteiger partial charge in [-0.15, -0.1) is 0 Å². The highest BCUT2D eigenvalue weighted by Crippen LogP contribution is 2.48. The van der Waals surface area contributed by atoms with Crippen molar-refractivity contribution in [1.29, 1.82) is 0 Å². The molecule has 1 saturated heterocycles. The molecule has 1 aliphatic heterocycles. The first-order valence-corrected chi connectivity index (χ1v) is 8.35. The van der Waals surface area contributed by atoms with Crippen molar-refractivity contribution in [2.75, 3.05) is 12.8 Å². The second kappa shape index (κ2) is 5.41. The van der Waals surface area contributed by atoms with Gasteiger partial charge in [0.1, 0.15) is 0 Å². The fourth-order valence-electron chi connectivity index (χ4n) is 2.79. The number of hydrogen-bond donors (Lipinski definition) is 1. The lowest BCUT2D eigenvalue weighted by atomic mass is 10.0. The highest BCUT2D eigenvalue weighted by Gasteiger charge is 2.48. The van der Waals surface area contributed by atoms with Crippen molar-refractivity contribution in [3.05, 3.63) is 0 Å². The predicted octanol–water partition coefficient (Wildman–Crippen LogP) is 2.46. The highest BCUT2D eigenvalue weighted by molar-refractivity contribution is 8.00. The van der Waals surface area contributed by atoms with Crippen molar-refractivity contribution in [1.82, 2.24) is 10.2 Å². The van der Waals surface area contributed by atoms with Crippen LogP contribution in [0, 0.1) is 5.92 Å². The molecule has 18 heavy (non-hydrogen) atoms. The quantitative estimate of drug-likeness (QED) is 0.805. The topological polar surface area (TPSA) is 32.3 Å². The van der Waals surface area contributed by atoms with Crippen molar-refractivity contribution >= 4 is 17.7 Å². The molecule has 1 amide bonds. The molecule has 0 aromatic heterocycles. The van der Waals surface area contributed by atoms with Crippen LogP contribution in [0.4, 0.5) is 0 Å². The van der Waals surface area contributed by atoms with Gasteiger partial charge in [0.25, 0.3) is 0 Å². The van der Waals surface area contributed by atoms with Crippen LogP contribution in [0.2, 0.25) is 0 Å². The van der Waals surface area contributed by atoms with E-state index in [4.69, 9.17) is 0 Å². The second-order valence-electron chi connectivity index (χ2n) is 6.13. The van der Waals surface area contributed by atoms with Crippen LogP contribution in [0.25, 0.3) is 0 Å². The molecule has 3 nitrogen and oxygen atoms in total. The van der Waals surface area contributed by atoms with E-state index in [0.29, 0.717) is 16.6 Å². The van der Waals surface area contributed by atoms with E-state index in [9.17, 15) is 4.79 Å². The van der Waals surface area contributed by atoms with Gasteiger partial charge in [-0.05, 0) is 37.9 Å². The van der Waals surface area contributed by atoms with Crippen molar-refractivity contribution in [2.45, 2.75) is 63.4 Å². The smallest absolute Gasteiger partial charge is 0.241 e.